The minimum atomic E-state index is -0.0464. The van der Waals surface area contributed by atoms with Crippen molar-refractivity contribution in [3.05, 3.63) is 80.8 Å². The molecule has 0 saturated carbocycles. The minimum Gasteiger partial charge on any atom is -0.296 e. The van der Waals surface area contributed by atoms with Crippen molar-refractivity contribution < 1.29 is 0 Å². The van der Waals surface area contributed by atoms with Crippen LogP contribution in [0.25, 0.3) is 5.65 Å². The van der Waals surface area contributed by atoms with Crippen molar-refractivity contribution in [2.75, 3.05) is 7.05 Å². The molecule has 0 aliphatic carbocycles. The van der Waals surface area contributed by atoms with Crippen LogP contribution in [0.4, 0.5) is 0 Å². The number of nitrogens with zero attached hydrogens (tertiary/aromatic N) is 3. The maximum atomic E-state index is 12.1. The number of rotatable bonds is 4. The van der Waals surface area contributed by atoms with E-state index >= 15 is 0 Å². The van der Waals surface area contributed by atoms with Gasteiger partial charge in [-0.15, -0.1) is 0 Å². The van der Waals surface area contributed by atoms with Crippen LogP contribution in [0.2, 0.25) is 0 Å². The van der Waals surface area contributed by atoms with Gasteiger partial charge in [0, 0.05) is 29.8 Å². The summed E-state index contributed by atoms with van der Waals surface area (Å²) in [4.78, 5) is 18.8. The molecular weight excluding hydrogens is 342 g/mol. The maximum absolute atomic E-state index is 12.1. The van der Waals surface area contributed by atoms with Crippen molar-refractivity contribution in [2.24, 2.45) is 0 Å². The van der Waals surface area contributed by atoms with Crippen molar-refractivity contribution in [1.82, 2.24) is 14.3 Å². The molecule has 112 valence electrons. The zero-order valence-corrected chi connectivity index (χ0v) is 13.8. The summed E-state index contributed by atoms with van der Waals surface area (Å²) in [6.07, 6.45) is 1.74. The van der Waals surface area contributed by atoms with Gasteiger partial charge in [0.25, 0.3) is 5.56 Å². The van der Waals surface area contributed by atoms with Gasteiger partial charge in [-0.25, -0.2) is 4.98 Å². The van der Waals surface area contributed by atoms with Gasteiger partial charge in [0.05, 0.1) is 5.69 Å². The fraction of sp³-hybridized carbons (Fsp3) is 0.176. The third kappa shape index (κ3) is 3.26. The Balaban J connectivity index is 1.81. The number of hydrogen-bond donors (Lipinski definition) is 0. The second kappa shape index (κ2) is 6.42. The number of benzene rings is 1. The molecule has 5 heteroatoms. The highest BCUT2D eigenvalue weighted by Gasteiger charge is 2.07. The molecule has 0 atom stereocenters. The Bertz CT molecular complexity index is 860. The fourth-order valence-corrected chi connectivity index (χ4v) is 2.84. The Kier molecular flexibility index (Phi) is 4.36. The minimum absolute atomic E-state index is 0.0464. The van der Waals surface area contributed by atoms with Gasteiger partial charge in [0.1, 0.15) is 5.65 Å². The molecule has 2 aromatic heterocycles. The van der Waals surface area contributed by atoms with Crippen LogP contribution in [-0.4, -0.2) is 21.3 Å². The van der Waals surface area contributed by atoms with E-state index in [0.29, 0.717) is 12.2 Å². The fourth-order valence-electron chi connectivity index (χ4n) is 2.43. The van der Waals surface area contributed by atoms with Crippen molar-refractivity contribution in [1.29, 1.82) is 0 Å². The van der Waals surface area contributed by atoms with E-state index in [1.54, 1.807) is 16.7 Å². The Hall–Kier alpha value is -1.98. The summed E-state index contributed by atoms with van der Waals surface area (Å²) in [6, 6.07) is 15.3. The maximum Gasteiger partial charge on any atom is 0.258 e. The van der Waals surface area contributed by atoms with Gasteiger partial charge in [-0.3, -0.25) is 14.1 Å². The van der Waals surface area contributed by atoms with E-state index < -0.39 is 0 Å². The third-order valence-corrected chi connectivity index (χ3v) is 4.23. The number of fused-ring (bicyclic) bond motifs is 1. The molecule has 4 nitrogen and oxygen atoms in total. The van der Waals surface area contributed by atoms with Gasteiger partial charge in [0.2, 0.25) is 0 Å². The van der Waals surface area contributed by atoms with Gasteiger partial charge in [-0.1, -0.05) is 40.2 Å². The molecule has 3 rings (SSSR count). The van der Waals surface area contributed by atoms with E-state index in [9.17, 15) is 4.79 Å². The Labute approximate surface area is 137 Å². The van der Waals surface area contributed by atoms with Gasteiger partial charge in [0.15, 0.2) is 0 Å². The lowest BCUT2D eigenvalue weighted by molar-refractivity contribution is 0.314. The van der Waals surface area contributed by atoms with E-state index in [1.807, 2.05) is 43.4 Å². The largest absolute Gasteiger partial charge is 0.296 e. The topological polar surface area (TPSA) is 37.6 Å². The van der Waals surface area contributed by atoms with Crippen LogP contribution in [0.3, 0.4) is 0 Å². The molecular formula is C17H16BrN3O. The van der Waals surface area contributed by atoms with E-state index in [1.165, 1.54) is 5.56 Å². The van der Waals surface area contributed by atoms with Gasteiger partial charge in [-0.2, -0.15) is 0 Å². The lowest BCUT2D eigenvalue weighted by Crippen LogP contribution is -2.21. The molecule has 2 heterocycles. The highest BCUT2D eigenvalue weighted by Crippen LogP contribution is 2.17. The first-order valence-electron chi connectivity index (χ1n) is 7.03. The first-order chi connectivity index (χ1) is 10.6. The van der Waals surface area contributed by atoms with E-state index in [4.69, 9.17) is 0 Å². The summed E-state index contributed by atoms with van der Waals surface area (Å²) >= 11 is 3.56. The van der Waals surface area contributed by atoms with Crippen LogP contribution in [0.1, 0.15) is 11.3 Å². The molecule has 0 amide bonds. The predicted octanol–water partition coefficient (Wildman–Crippen LogP) is 3.09. The number of hydrogen-bond acceptors (Lipinski definition) is 3. The molecule has 3 aromatic rings. The number of halogens is 1. The van der Waals surface area contributed by atoms with Crippen molar-refractivity contribution >= 4 is 21.6 Å². The van der Waals surface area contributed by atoms with E-state index in [-0.39, 0.29) is 5.56 Å². The lowest BCUT2D eigenvalue weighted by Gasteiger charge is -2.17. The van der Waals surface area contributed by atoms with Crippen LogP contribution in [-0.2, 0) is 13.1 Å². The van der Waals surface area contributed by atoms with Crippen LogP contribution < -0.4 is 5.56 Å². The van der Waals surface area contributed by atoms with Crippen LogP contribution in [0.5, 0.6) is 0 Å². The van der Waals surface area contributed by atoms with Crippen molar-refractivity contribution in [3.63, 3.8) is 0 Å². The lowest BCUT2D eigenvalue weighted by atomic mass is 10.2. The predicted molar refractivity (Wildman–Crippen MR) is 90.8 cm³/mol. The molecule has 0 radical (unpaired) electrons. The quantitative estimate of drug-likeness (QED) is 0.719. The summed E-state index contributed by atoms with van der Waals surface area (Å²) in [5.74, 6) is 0. The molecule has 0 bridgehead atoms. The zero-order chi connectivity index (χ0) is 15.5. The van der Waals surface area contributed by atoms with Crippen molar-refractivity contribution in [2.45, 2.75) is 13.1 Å². The summed E-state index contributed by atoms with van der Waals surface area (Å²) < 4.78 is 2.64. The monoisotopic (exact) mass is 357 g/mol. The molecule has 0 aliphatic heterocycles. The first-order valence-corrected chi connectivity index (χ1v) is 7.82. The summed E-state index contributed by atoms with van der Waals surface area (Å²) in [7, 11) is 2.02. The molecule has 0 unspecified atom stereocenters. The number of pyridine rings is 1. The smallest absolute Gasteiger partial charge is 0.258 e. The van der Waals surface area contributed by atoms with Gasteiger partial charge >= 0.3 is 0 Å². The summed E-state index contributed by atoms with van der Waals surface area (Å²) in [5, 5.41) is 0. The standard InChI is InChI=1S/C17H16BrN3O/c1-20(11-13-6-2-3-7-15(13)18)12-14-10-17(22)21-9-5-4-8-16(21)19-14/h2-10H,11-12H2,1H3. The van der Waals surface area contributed by atoms with Crippen LogP contribution in [0, 0.1) is 0 Å². The molecule has 0 fully saturated rings. The SMILES string of the molecule is CN(Cc1cc(=O)n2ccccc2n1)Cc1ccccc1Br. The van der Waals surface area contributed by atoms with E-state index in [0.717, 1.165) is 16.7 Å². The molecule has 1 aromatic carbocycles. The number of aromatic nitrogens is 2. The van der Waals surface area contributed by atoms with Crippen LogP contribution in [0.15, 0.2) is 64.0 Å². The first kappa shape index (κ1) is 14.9. The molecule has 0 N–H and O–H groups in total. The highest BCUT2D eigenvalue weighted by molar-refractivity contribution is 9.10. The Morgan fingerprint density at radius 1 is 1.14 bits per heavy atom. The van der Waals surface area contributed by atoms with Gasteiger partial charge in [-0.05, 0) is 30.8 Å². The summed E-state index contributed by atoms with van der Waals surface area (Å²) in [6.45, 7) is 1.42. The third-order valence-electron chi connectivity index (χ3n) is 3.45. The summed E-state index contributed by atoms with van der Waals surface area (Å²) in [5.41, 5.74) is 2.63. The normalized spacial score (nSPS) is 11.2. The molecule has 0 saturated heterocycles. The second-order valence-corrected chi connectivity index (χ2v) is 6.13. The van der Waals surface area contributed by atoms with Gasteiger partial charge < -0.3 is 0 Å². The van der Waals surface area contributed by atoms with E-state index in [2.05, 4.69) is 31.9 Å². The molecule has 0 spiro atoms. The second-order valence-electron chi connectivity index (χ2n) is 5.28. The Morgan fingerprint density at radius 2 is 1.91 bits per heavy atom. The van der Waals surface area contributed by atoms with Crippen LogP contribution >= 0.6 is 15.9 Å². The Morgan fingerprint density at radius 3 is 2.73 bits per heavy atom. The van der Waals surface area contributed by atoms with Crippen molar-refractivity contribution in [3.8, 4) is 0 Å². The molecule has 22 heavy (non-hydrogen) atoms. The average Bonchev–Trinajstić information content (AvgIpc) is 2.49. The average molecular weight is 358 g/mol. The molecule has 0 aliphatic rings. The highest BCUT2D eigenvalue weighted by atomic mass is 79.9. The zero-order valence-electron chi connectivity index (χ0n) is 12.2.